The van der Waals surface area contributed by atoms with Crippen molar-refractivity contribution in [3.05, 3.63) is 360 Å². The van der Waals surface area contributed by atoms with Gasteiger partial charge in [0.05, 0.1) is 16.5 Å². The second kappa shape index (κ2) is 18.4. The molecule has 13 aromatic carbocycles. The van der Waals surface area contributed by atoms with Crippen LogP contribution >= 0.6 is 0 Å². The largest absolute Gasteiger partial charge is 0.310 e. The Kier molecular flexibility index (Phi) is 10.7. The highest BCUT2D eigenvalue weighted by atomic mass is 15.2. The van der Waals surface area contributed by atoms with E-state index in [0.717, 1.165) is 39.5 Å². The zero-order valence-corrected chi connectivity index (χ0v) is 42.9. The van der Waals surface area contributed by atoms with Crippen LogP contribution in [0.2, 0.25) is 0 Å². The first-order valence-corrected chi connectivity index (χ1v) is 27.1. The maximum Gasteiger partial charge on any atom is 0.0714 e. The second-order valence-corrected chi connectivity index (χ2v) is 20.7. The van der Waals surface area contributed by atoms with E-state index in [4.69, 9.17) is 0 Å². The first-order chi connectivity index (χ1) is 38.7. The number of rotatable bonds is 10. The molecule has 0 saturated carbocycles. The van der Waals surface area contributed by atoms with Gasteiger partial charge >= 0.3 is 0 Å². The van der Waals surface area contributed by atoms with Crippen molar-refractivity contribution in [1.29, 1.82) is 0 Å². The Morgan fingerprint density at radius 2 is 0.564 bits per heavy atom. The summed E-state index contributed by atoms with van der Waals surface area (Å²) in [5, 5.41) is 4.73. The van der Waals surface area contributed by atoms with Gasteiger partial charge in [0.25, 0.3) is 0 Å². The van der Waals surface area contributed by atoms with E-state index in [-0.39, 0.29) is 0 Å². The fraction of sp³-hybridized carbons (Fsp3) is 0.0263. The van der Waals surface area contributed by atoms with Crippen LogP contribution in [-0.4, -0.2) is 0 Å². The van der Waals surface area contributed by atoms with Gasteiger partial charge in [-0.05, 0) is 150 Å². The van der Waals surface area contributed by atoms with E-state index in [1.165, 1.54) is 82.9 Å². The van der Waals surface area contributed by atoms with E-state index in [1.807, 2.05) is 0 Å². The van der Waals surface area contributed by atoms with Gasteiger partial charge in [0.2, 0.25) is 0 Å². The van der Waals surface area contributed by atoms with Crippen molar-refractivity contribution in [1.82, 2.24) is 0 Å². The summed E-state index contributed by atoms with van der Waals surface area (Å²) in [5.74, 6) is 0. The SMILES string of the molecule is c1ccc(N(c2ccc3c(c2)C(c2ccccc2)(c2ccccc2)c2ccccc2-3)c2ccc3c(c2)c(N(c2ccccc2)c2ccc4c(c2)C(c2ccccc2)(c2ccccc2)c2ccccc2-4)cc2ccccc23)cc1. The minimum Gasteiger partial charge on any atom is -0.310 e. The van der Waals surface area contributed by atoms with Crippen LogP contribution in [0.3, 0.4) is 0 Å². The van der Waals surface area contributed by atoms with Crippen molar-refractivity contribution >= 4 is 55.7 Å². The minimum atomic E-state index is -0.558. The van der Waals surface area contributed by atoms with E-state index in [2.05, 4.69) is 325 Å². The van der Waals surface area contributed by atoms with Gasteiger partial charge in [0, 0.05) is 33.8 Å². The Morgan fingerprint density at radius 3 is 1.05 bits per heavy atom. The molecule has 0 radical (unpaired) electrons. The molecule has 15 rings (SSSR count). The maximum absolute atomic E-state index is 2.50. The number of fused-ring (bicyclic) bond motifs is 9. The number of benzene rings is 13. The second-order valence-electron chi connectivity index (χ2n) is 20.7. The average molecular weight is 993 g/mol. The lowest BCUT2D eigenvalue weighted by molar-refractivity contribution is 0.768. The summed E-state index contributed by atoms with van der Waals surface area (Å²) in [4.78, 5) is 4.95. The van der Waals surface area contributed by atoms with Gasteiger partial charge in [-0.25, -0.2) is 0 Å². The smallest absolute Gasteiger partial charge is 0.0714 e. The third-order valence-corrected chi connectivity index (χ3v) is 16.8. The molecule has 2 aliphatic carbocycles. The summed E-state index contributed by atoms with van der Waals surface area (Å²) < 4.78 is 0. The molecule has 0 N–H and O–H groups in total. The number of hydrogen-bond donors (Lipinski definition) is 0. The Labute approximate surface area is 456 Å². The Morgan fingerprint density at radius 1 is 0.205 bits per heavy atom. The van der Waals surface area contributed by atoms with Gasteiger partial charge in [0.1, 0.15) is 0 Å². The number of anilines is 6. The average Bonchev–Trinajstić information content (AvgIpc) is 3.78. The van der Waals surface area contributed by atoms with E-state index >= 15 is 0 Å². The predicted molar refractivity (Wildman–Crippen MR) is 325 cm³/mol. The molecule has 0 atom stereocenters. The van der Waals surface area contributed by atoms with E-state index in [1.54, 1.807) is 0 Å². The highest BCUT2D eigenvalue weighted by Crippen LogP contribution is 2.59. The summed E-state index contributed by atoms with van der Waals surface area (Å²) in [5.41, 5.74) is 20.5. The lowest BCUT2D eigenvalue weighted by Crippen LogP contribution is -2.28. The van der Waals surface area contributed by atoms with Crippen molar-refractivity contribution in [2.24, 2.45) is 0 Å². The zero-order valence-electron chi connectivity index (χ0n) is 42.9. The number of hydrogen-bond acceptors (Lipinski definition) is 2. The molecule has 0 fully saturated rings. The number of para-hydroxylation sites is 2. The van der Waals surface area contributed by atoms with Crippen LogP contribution in [0, 0.1) is 0 Å². The molecular formula is C76H52N2. The predicted octanol–water partition coefficient (Wildman–Crippen LogP) is 19.7. The quantitative estimate of drug-likeness (QED) is 0.126. The fourth-order valence-corrected chi connectivity index (χ4v) is 13.6. The third-order valence-electron chi connectivity index (χ3n) is 16.8. The molecule has 366 valence electrons. The van der Waals surface area contributed by atoms with Crippen LogP contribution in [0.4, 0.5) is 34.1 Å². The lowest BCUT2D eigenvalue weighted by Gasteiger charge is -2.35. The van der Waals surface area contributed by atoms with Gasteiger partial charge < -0.3 is 9.80 Å². The first-order valence-electron chi connectivity index (χ1n) is 27.1. The Bertz CT molecular complexity index is 4290. The highest BCUT2D eigenvalue weighted by Gasteiger charge is 2.48. The van der Waals surface area contributed by atoms with E-state index < -0.39 is 10.8 Å². The van der Waals surface area contributed by atoms with Gasteiger partial charge in [-0.3, -0.25) is 0 Å². The summed E-state index contributed by atoms with van der Waals surface area (Å²) >= 11 is 0. The summed E-state index contributed by atoms with van der Waals surface area (Å²) in [6.45, 7) is 0. The molecule has 2 aliphatic rings. The third kappa shape index (κ3) is 6.83. The van der Waals surface area contributed by atoms with Crippen LogP contribution < -0.4 is 9.80 Å². The molecule has 0 heterocycles. The van der Waals surface area contributed by atoms with Gasteiger partial charge in [-0.15, -0.1) is 0 Å². The van der Waals surface area contributed by atoms with Gasteiger partial charge in [-0.2, -0.15) is 0 Å². The molecule has 2 heteroatoms. The first kappa shape index (κ1) is 45.4. The highest BCUT2D eigenvalue weighted by molar-refractivity contribution is 6.16. The molecule has 0 spiro atoms. The van der Waals surface area contributed by atoms with Crippen molar-refractivity contribution in [2.75, 3.05) is 9.80 Å². The van der Waals surface area contributed by atoms with Crippen LogP contribution in [-0.2, 0) is 10.8 Å². The van der Waals surface area contributed by atoms with Crippen LogP contribution in [0.15, 0.2) is 315 Å². The summed E-state index contributed by atoms with van der Waals surface area (Å²) in [7, 11) is 0. The molecule has 0 aromatic heterocycles. The minimum absolute atomic E-state index is 0.547. The molecule has 0 unspecified atom stereocenters. The van der Waals surface area contributed by atoms with Crippen molar-refractivity contribution < 1.29 is 0 Å². The van der Waals surface area contributed by atoms with Crippen LogP contribution in [0.5, 0.6) is 0 Å². The monoisotopic (exact) mass is 992 g/mol. The van der Waals surface area contributed by atoms with Crippen molar-refractivity contribution in [3.8, 4) is 22.3 Å². The normalized spacial score (nSPS) is 13.3. The maximum atomic E-state index is 2.50. The molecule has 0 bridgehead atoms. The van der Waals surface area contributed by atoms with Crippen LogP contribution in [0.25, 0.3) is 43.8 Å². The standard InChI is InChI=1S/C76H52N2/c1-7-26-54(27-8-1)75(55-28-9-2-10-29-55)70-41-23-21-39-65(70)67-47-44-61(51-72(67)75)77(58-34-15-5-16-35-58)60-43-46-64-63-38-20-19-25-53(63)49-74(69(64)50-60)78(59-36-17-6-18-37-59)62-45-48-68-66-40-22-24-42-71(66)76(73(68)52-62,56-30-11-3-12-31-56)57-32-13-4-14-33-57/h1-52H. The van der Waals surface area contributed by atoms with E-state index in [0.29, 0.717) is 0 Å². The molecule has 0 aliphatic heterocycles. The number of nitrogens with zero attached hydrogens (tertiary/aromatic N) is 2. The van der Waals surface area contributed by atoms with Crippen LogP contribution in [0.1, 0.15) is 44.5 Å². The summed E-state index contributed by atoms with van der Waals surface area (Å²) in [6, 6.07) is 117. The molecule has 2 nitrogen and oxygen atoms in total. The van der Waals surface area contributed by atoms with Crippen molar-refractivity contribution in [3.63, 3.8) is 0 Å². The molecule has 78 heavy (non-hydrogen) atoms. The van der Waals surface area contributed by atoms with Gasteiger partial charge in [-0.1, -0.05) is 249 Å². The fourth-order valence-electron chi connectivity index (χ4n) is 13.6. The zero-order chi connectivity index (χ0) is 51.6. The molecule has 0 saturated heterocycles. The lowest BCUT2D eigenvalue weighted by atomic mass is 9.67. The Balaban J connectivity index is 0.978. The summed E-state index contributed by atoms with van der Waals surface area (Å²) in [6.07, 6.45) is 0. The molecular weight excluding hydrogens is 941 g/mol. The van der Waals surface area contributed by atoms with Gasteiger partial charge in [0.15, 0.2) is 0 Å². The van der Waals surface area contributed by atoms with E-state index in [9.17, 15) is 0 Å². The topological polar surface area (TPSA) is 6.48 Å². The Hall–Kier alpha value is -10.0. The molecule has 13 aromatic rings. The van der Waals surface area contributed by atoms with Crippen molar-refractivity contribution in [2.45, 2.75) is 10.8 Å². The molecule has 0 amide bonds.